The molecule has 0 aliphatic carbocycles. The first kappa shape index (κ1) is 30.4. The van der Waals surface area contributed by atoms with Gasteiger partial charge in [-0.05, 0) is 65.9 Å². The Morgan fingerprint density at radius 2 is 1.32 bits per heavy atom. The number of ether oxygens (including phenoxy) is 3. The Hall–Kier alpha value is -4.12. The fourth-order valence-corrected chi connectivity index (χ4v) is 3.88. The number of hydrogen-bond acceptors (Lipinski definition) is 5. The Morgan fingerprint density at radius 3 is 1.85 bits per heavy atom. The first-order valence-corrected chi connectivity index (χ1v) is 13.4. The molecule has 0 bridgehead atoms. The first-order valence-electron chi connectivity index (χ1n) is 13.4. The van der Waals surface area contributed by atoms with Crippen molar-refractivity contribution >= 4 is 11.9 Å². The maximum Gasteiger partial charge on any atom is 0.341 e. The Bertz CT molecular complexity index is 1260. The van der Waals surface area contributed by atoms with Gasteiger partial charge in [0.1, 0.15) is 12.4 Å². The highest BCUT2D eigenvalue weighted by Gasteiger charge is 2.15. The molecule has 0 fully saturated rings. The molecule has 1 N–H and O–H groups in total. The van der Waals surface area contributed by atoms with Crippen LogP contribution in [0.2, 0.25) is 0 Å². The summed E-state index contributed by atoms with van der Waals surface area (Å²) in [5.41, 5.74) is 5.07. The monoisotopic (exact) mass is 543 g/mol. The van der Waals surface area contributed by atoms with Gasteiger partial charge in [-0.25, -0.2) is 4.79 Å². The molecule has 0 aliphatic heterocycles. The number of benzene rings is 3. The smallest absolute Gasteiger partial charge is 0.341 e. The number of methoxy groups -OCH3 is 1. The van der Waals surface area contributed by atoms with Crippen molar-refractivity contribution in [2.24, 2.45) is 0 Å². The van der Waals surface area contributed by atoms with E-state index in [1.54, 1.807) is 24.1 Å². The molecule has 210 valence electrons. The van der Waals surface area contributed by atoms with E-state index in [-0.39, 0.29) is 12.5 Å². The summed E-state index contributed by atoms with van der Waals surface area (Å²) in [6.07, 6.45) is 3.47. The molecule has 0 aliphatic rings. The van der Waals surface area contributed by atoms with Crippen molar-refractivity contribution in [3.63, 3.8) is 0 Å². The predicted molar refractivity (Wildman–Crippen MR) is 154 cm³/mol. The highest BCUT2D eigenvalue weighted by Crippen LogP contribution is 2.16. The van der Waals surface area contributed by atoms with Gasteiger partial charge < -0.3 is 24.2 Å². The number of carbonyl (C=O) groups excluding carboxylic acids is 1. The molecule has 7 nitrogen and oxygen atoms in total. The molecular weight excluding hydrogens is 506 g/mol. The molecule has 3 aromatic carbocycles. The minimum absolute atomic E-state index is 0.0516. The average Bonchev–Trinajstić information content (AvgIpc) is 2.97. The molecule has 1 amide bonds. The van der Waals surface area contributed by atoms with Crippen molar-refractivity contribution in [2.45, 2.75) is 39.3 Å². The van der Waals surface area contributed by atoms with Crippen LogP contribution in [0.1, 0.15) is 47.6 Å². The van der Waals surface area contributed by atoms with Gasteiger partial charge in [0, 0.05) is 31.3 Å². The molecule has 0 radical (unpaired) electrons. The molecule has 0 heterocycles. The lowest BCUT2D eigenvalue weighted by Gasteiger charge is -2.23. The molecule has 0 unspecified atom stereocenters. The summed E-state index contributed by atoms with van der Waals surface area (Å²) in [7, 11) is 1.58. The van der Waals surface area contributed by atoms with Gasteiger partial charge in [0.15, 0.2) is 6.61 Å². The van der Waals surface area contributed by atoms with Crippen molar-refractivity contribution in [1.82, 2.24) is 4.90 Å². The first-order chi connectivity index (χ1) is 19.5. The molecule has 0 saturated heterocycles. The molecule has 3 rings (SSSR count). The Labute approximate surface area is 236 Å². The number of carboxylic acid groups (broad SMARTS) is 1. The maximum atomic E-state index is 13.0. The highest BCUT2D eigenvalue weighted by atomic mass is 16.5. The molecule has 0 spiro atoms. The molecule has 3 aromatic rings. The van der Waals surface area contributed by atoms with E-state index in [9.17, 15) is 9.59 Å². The van der Waals surface area contributed by atoms with Crippen LogP contribution in [0.4, 0.5) is 0 Å². The van der Waals surface area contributed by atoms with E-state index in [1.165, 1.54) is 18.4 Å². The summed E-state index contributed by atoms with van der Waals surface area (Å²) in [4.78, 5) is 25.5. The van der Waals surface area contributed by atoms with Crippen LogP contribution in [0.3, 0.4) is 0 Å². The van der Waals surface area contributed by atoms with Gasteiger partial charge in [0.05, 0.1) is 13.2 Å². The van der Waals surface area contributed by atoms with Gasteiger partial charge in [-0.1, -0.05) is 61.6 Å². The zero-order valence-electron chi connectivity index (χ0n) is 23.2. The zero-order chi connectivity index (χ0) is 28.6. The number of nitrogens with zero attached hydrogens (tertiary/aromatic N) is 1. The summed E-state index contributed by atoms with van der Waals surface area (Å²) < 4.78 is 15.7. The number of unbranched alkanes of at least 4 members (excludes halogenated alkanes) is 1. The second-order valence-corrected chi connectivity index (χ2v) is 9.37. The van der Waals surface area contributed by atoms with Crippen LogP contribution >= 0.6 is 0 Å². The largest absolute Gasteiger partial charge is 0.482 e. The SMILES string of the molecule is CCCCc1ccc(C#Cc2ccc(CN(Cc3ccc(OCC(=O)O)cc3)C(=O)COCCOC)cc2)cc1. The number of amides is 1. The van der Waals surface area contributed by atoms with Gasteiger partial charge in [-0.15, -0.1) is 0 Å². The molecular formula is C33H37NO6. The zero-order valence-corrected chi connectivity index (χ0v) is 23.2. The summed E-state index contributed by atoms with van der Waals surface area (Å²) in [6, 6.07) is 23.3. The summed E-state index contributed by atoms with van der Waals surface area (Å²) in [5, 5.41) is 8.79. The second kappa shape index (κ2) is 16.8. The minimum atomic E-state index is -1.04. The average molecular weight is 544 g/mol. The highest BCUT2D eigenvalue weighted by molar-refractivity contribution is 5.77. The Morgan fingerprint density at radius 1 is 0.775 bits per heavy atom. The van der Waals surface area contributed by atoms with Crippen LogP contribution < -0.4 is 4.74 Å². The summed E-state index contributed by atoms with van der Waals surface area (Å²) in [6.45, 7) is 3.25. The quantitative estimate of drug-likeness (QED) is 0.213. The molecule has 7 heteroatoms. The van der Waals surface area contributed by atoms with Crippen LogP contribution in [0, 0.1) is 11.8 Å². The number of carboxylic acids is 1. The van der Waals surface area contributed by atoms with E-state index < -0.39 is 12.6 Å². The van der Waals surface area contributed by atoms with Gasteiger partial charge >= 0.3 is 5.97 Å². The third-order valence-corrected chi connectivity index (χ3v) is 6.12. The van der Waals surface area contributed by atoms with Crippen LogP contribution in [0.15, 0.2) is 72.8 Å². The van der Waals surface area contributed by atoms with Crippen LogP contribution in [-0.4, -0.2) is 55.4 Å². The number of aliphatic carboxylic acids is 1. The molecule has 0 aromatic heterocycles. The van der Waals surface area contributed by atoms with E-state index in [0.717, 1.165) is 28.7 Å². The van der Waals surface area contributed by atoms with Crippen molar-refractivity contribution in [3.8, 4) is 17.6 Å². The Balaban J connectivity index is 1.65. The van der Waals surface area contributed by atoms with Crippen molar-refractivity contribution < 1.29 is 28.9 Å². The predicted octanol–water partition coefficient (Wildman–Crippen LogP) is 5.08. The lowest BCUT2D eigenvalue weighted by atomic mass is 10.1. The van der Waals surface area contributed by atoms with Crippen molar-refractivity contribution in [2.75, 3.05) is 33.5 Å². The third-order valence-electron chi connectivity index (χ3n) is 6.12. The summed E-state index contributed by atoms with van der Waals surface area (Å²) >= 11 is 0. The second-order valence-electron chi connectivity index (χ2n) is 9.37. The van der Waals surface area contributed by atoms with Crippen LogP contribution in [0.5, 0.6) is 5.75 Å². The minimum Gasteiger partial charge on any atom is -0.482 e. The molecule has 0 atom stereocenters. The van der Waals surface area contributed by atoms with E-state index in [2.05, 4.69) is 43.0 Å². The van der Waals surface area contributed by atoms with Gasteiger partial charge in [-0.2, -0.15) is 0 Å². The summed E-state index contributed by atoms with van der Waals surface area (Å²) in [5.74, 6) is 5.71. The number of rotatable bonds is 15. The van der Waals surface area contributed by atoms with Gasteiger partial charge in [-0.3, -0.25) is 4.79 Å². The van der Waals surface area contributed by atoms with Crippen molar-refractivity contribution in [1.29, 1.82) is 0 Å². The number of hydrogen-bond donors (Lipinski definition) is 1. The topological polar surface area (TPSA) is 85.3 Å². The normalized spacial score (nSPS) is 10.4. The van der Waals surface area contributed by atoms with E-state index >= 15 is 0 Å². The standard InChI is InChI=1S/C33H37NO6/c1-3-4-5-26-6-8-27(9-7-26)10-11-28-12-14-29(15-13-28)22-34(32(35)24-39-21-20-38-2)23-30-16-18-31(19-17-30)40-25-33(36)37/h6-9,12-19H,3-5,20-25H2,1-2H3,(H,36,37). The molecule has 0 saturated carbocycles. The van der Waals surface area contributed by atoms with E-state index in [0.29, 0.717) is 32.1 Å². The lowest BCUT2D eigenvalue weighted by Crippen LogP contribution is -2.33. The van der Waals surface area contributed by atoms with Gasteiger partial charge in [0.2, 0.25) is 5.91 Å². The maximum absolute atomic E-state index is 13.0. The fraction of sp³-hybridized carbons (Fsp3) is 0.333. The number of aryl methyl sites for hydroxylation is 1. The van der Waals surface area contributed by atoms with Gasteiger partial charge in [0.25, 0.3) is 0 Å². The van der Waals surface area contributed by atoms with Crippen molar-refractivity contribution in [3.05, 3.63) is 101 Å². The van der Waals surface area contributed by atoms with E-state index in [4.69, 9.17) is 19.3 Å². The van der Waals surface area contributed by atoms with Crippen LogP contribution in [0.25, 0.3) is 0 Å². The molecule has 40 heavy (non-hydrogen) atoms. The third kappa shape index (κ3) is 10.9. The van der Waals surface area contributed by atoms with E-state index in [1.807, 2.05) is 36.4 Å². The lowest BCUT2D eigenvalue weighted by molar-refractivity contribution is -0.139. The van der Waals surface area contributed by atoms with Crippen LogP contribution in [-0.2, 0) is 38.6 Å². The fourth-order valence-electron chi connectivity index (χ4n) is 3.88. The Kier molecular flexibility index (Phi) is 12.7. The number of carbonyl (C=O) groups is 2.